The molecule has 4 rings (SSSR count). The Hall–Kier alpha value is -3.23. The molecular formula is C22H21F3N4O2. The smallest absolute Gasteiger partial charge is 0.336 e. The second kappa shape index (κ2) is 8.13. The van der Waals surface area contributed by atoms with Crippen molar-refractivity contribution in [2.75, 3.05) is 13.1 Å². The number of hydrogen-bond donors (Lipinski definition) is 0. The Labute approximate surface area is 176 Å². The van der Waals surface area contributed by atoms with Gasteiger partial charge in [-0.2, -0.15) is 13.2 Å². The molecule has 1 aliphatic rings. The normalized spacial score (nSPS) is 15.4. The Morgan fingerprint density at radius 3 is 2.48 bits per heavy atom. The van der Waals surface area contributed by atoms with Crippen LogP contribution in [0.2, 0.25) is 0 Å². The van der Waals surface area contributed by atoms with Gasteiger partial charge in [0.2, 0.25) is 5.82 Å². The number of halogens is 3. The van der Waals surface area contributed by atoms with Crippen molar-refractivity contribution in [3.05, 3.63) is 65.1 Å². The van der Waals surface area contributed by atoms with Crippen LogP contribution >= 0.6 is 0 Å². The first-order valence-electron chi connectivity index (χ1n) is 10.1. The van der Waals surface area contributed by atoms with Gasteiger partial charge < -0.3 is 4.90 Å². The predicted molar refractivity (Wildman–Crippen MR) is 107 cm³/mol. The molecule has 1 saturated heterocycles. The third kappa shape index (κ3) is 4.04. The minimum Gasteiger partial charge on any atom is -0.336 e. The molecule has 1 aliphatic heterocycles. The Kier molecular flexibility index (Phi) is 5.51. The summed E-state index contributed by atoms with van der Waals surface area (Å²) in [5.74, 6) is -0.497. The van der Waals surface area contributed by atoms with Crippen LogP contribution in [0.3, 0.4) is 0 Å². The highest BCUT2D eigenvalue weighted by Crippen LogP contribution is 2.38. The lowest BCUT2D eigenvalue weighted by Gasteiger charge is -2.32. The summed E-state index contributed by atoms with van der Waals surface area (Å²) in [6, 6.07) is 8.84. The summed E-state index contributed by atoms with van der Waals surface area (Å²) < 4.78 is 41.5. The standard InChI is InChI=1S/C22H21F3N4O2/c1-2-18(30)15-9-12-29-19(13-15)26-27-20(29)21(31)28-10-7-14(8-11-28)16-5-3-4-6-17(16)22(23,24)25/h3-6,9,12-14H,2,7-8,10-11H2,1H3. The molecule has 3 heterocycles. The van der Waals surface area contributed by atoms with Crippen LogP contribution in [0.25, 0.3) is 5.65 Å². The molecule has 0 unspecified atom stereocenters. The number of pyridine rings is 1. The van der Waals surface area contributed by atoms with E-state index >= 15 is 0 Å². The van der Waals surface area contributed by atoms with Crippen LogP contribution in [0.15, 0.2) is 42.6 Å². The van der Waals surface area contributed by atoms with Crippen molar-refractivity contribution in [3.63, 3.8) is 0 Å². The van der Waals surface area contributed by atoms with E-state index in [4.69, 9.17) is 0 Å². The first-order chi connectivity index (χ1) is 14.8. The zero-order chi connectivity index (χ0) is 22.2. The van der Waals surface area contributed by atoms with Crippen molar-refractivity contribution >= 4 is 17.3 Å². The van der Waals surface area contributed by atoms with Crippen LogP contribution in [-0.4, -0.2) is 44.3 Å². The molecule has 31 heavy (non-hydrogen) atoms. The molecular weight excluding hydrogens is 409 g/mol. The fourth-order valence-corrected chi connectivity index (χ4v) is 4.06. The number of hydrogen-bond acceptors (Lipinski definition) is 4. The molecule has 1 amide bonds. The summed E-state index contributed by atoms with van der Waals surface area (Å²) in [4.78, 5) is 26.4. The zero-order valence-corrected chi connectivity index (χ0v) is 16.9. The number of amides is 1. The van der Waals surface area contributed by atoms with E-state index in [9.17, 15) is 22.8 Å². The van der Waals surface area contributed by atoms with Gasteiger partial charge >= 0.3 is 6.18 Å². The van der Waals surface area contributed by atoms with E-state index in [1.165, 1.54) is 16.5 Å². The molecule has 0 spiro atoms. The van der Waals surface area contributed by atoms with Gasteiger partial charge in [0.25, 0.3) is 5.91 Å². The Morgan fingerprint density at radius 2 is 1.81 bits per heavy atom. The molecule has 162 valence electrons. The molecule has 0 aliphatic carbocycles. The average molecular weight is 430 g/mol. The lowest BCUT2D eigenvalue weighted by Crippen LogP contribution is -2.39. The van der Waals surface area contributed by atoms with Gasteiger partial charge in [-0.25, -0.2) is 0 Å². The summed E-state index contributed by atoms with van der Waals surface area (Å²) >= 11 is 0. The number of nitrogens with zero attached hydrogens (tertiary/aromatic N) is 4. The van der Waals surface area contributed by atoms with Gasteiger partial charge in [0, 0.05) is 31.3 Å². The van der Waals surface area contributed by atoms with Crippen molar-refractivity contribution in [2.24, 2.45) is 0 Å². The molecule has 1 aromatic carbocycles. The largest absolute Gasteiger partial charge is 0.416 e. The lowest BCUT2D eigenvalue weighted by atomic mass is 9.86. The molecule has 3 aromatic rings. The highest BCUT2D eigenvalue weighted by molar-refractivity contribution is 5.97. The monoisotopic (exact) mass is 430 g/mol. The average Bonchev–Trinajstić information content (AvgIpc) is 3.21. The molecule has 2 aromatic heterocycles. The number of piperidine rings is 1. The fraction of sp³-hybridized carbons (Fsp3) is 0.364. The van der Waals surface area contributed by atoms with Gasteiger partial charge in [-0.15, -0.1) is 10.2 Å². The lowest BCUT2D eigenvalue weighted by molar-refractivity contribution is -0.138. The second-order valence-corrected chi connectivity index (χ2v) is 7.60. The van der Waals surface area contributed by atoms with Crippen LogP contribution in [0, 0.1) is 0 Å². The number of likely N-dealkylation sites (tertiary alicyclic amines) is 1. The summed E-state index contributed by atoms with van der Waals surface area (Å²) in [6.45, 7) is 2.43. The van der Waals surface area contributed by atoms with Gasteiger partial charge in [-0.05, 0) is 42.5 Å². The molecule has 0 bridgehead atoms. The third-order valence-electron chi connectivity index (χ3n) is 5.73. The number of fused-ring (bicyclic) bond motifs is 1. The summed E-state index contributed by atoms with van der Waals surface area (Å²) in [7, 11) is 0. The van der Waals surface area contributed by atoms with Gasteiger partial charge in [-0.1, -0.05) is 25.1 Å². The number of rotatable bonds is 4. The van der Waals surface area contributed by atoms with E-state index in [1.54, 1.807) is 36.2 Å². The summed E-state index contributed by atoms with van der Waals surface area (Å²) in [6.07, 6.45) is -1.57. The van der Waals surface area contributed by atoms with Crippen LogP contribution in [0.1, 0.15) is 64.2 Å². The van der Waals surface area contributed by atoms with Crippen molar-refractivity contribution in [1.82, 2.24) is 19.5 Å². The number of aromatic nitrogens is 3. The number of alkyl halides is 3. The Morgan fingerprint density at radius 1 is 1.10 bits per heavy atom. The molecule has 0 radical (unpaired) electrons. The fourth-order valence-electron chi connectivity index (χ4n) is 4.06. The highest BCUT2D eigenvalue weighted by Gasteiger charge is 2.36. The Bertz CT molecular complexity index is 1130. The van der Waals surface area contributed by atoms with E-state index in [-0.39, 0.29) is 29.0 Å². The minimum atomic E-state index is -4.40. The number of Topliss-reactive ketones (excluding diaryl/α,β-unsaturated/α-hetero) is 1. The summed E-state index contributed by atoms with van der Waals surface area (Å²) in [5.41, 5.74) is 0.575. The predicted octanol–water partition coefficient (Wildman–Crippen LogP) is 4.36. The second-order valence-electron chi connectivity index (χ2n) is 7.60. The Balaban J connectivity index is 1.50. The van der Waals surface area contributed by atoms with Gasteiger partial charge in [0.1, 0.15) is 0 Å². The van der Waals surface area contributed by atoms with Crippen LogP contribution < -0.4 is 0 Å². The van der Waals surface area contributed by atoms with Crippen molar-refractivity contribution in [3.8, 4) is 0 Å². The van der Waals surface area contributed by atoms with Crippen LogP contribution in [0.4, 0.5) is 13.2 Å². The van der Waals surface area contributed by atoms with E-state index in [0.29, 0.717) is 43.6 Å². The maximum absolute atomic E-state index is 13.3. The maximum Gasteiger partial charge on any atom is 0.416 e. The molecule has 0 atom stereocenters. The molecule has 6 nitrogen and oxygen atoms in total. The quantitative estimate of drug-likeness (QED) is 0.577. The molecule has 1 fully saturated rings. The van der Waals surface area contributed by atoms with E-state index < -0.39 is 11.7 Å². The highest BCUT2D eigenvalue weighted by atomic mass is 19.4. The van der Waals surface area contributed by atoms with Gasteiger partial charge in [-0.3, -0.25) is 14.0 Å². The SMILES string of the molecule is CCC(=O)c1ccn2c(C(=O)N3CCC(c4ccccc4C(F)(F)F)CC3)nnc2c1. The van der Waals surface area contributed by atoms with Crippen molar-refractivity contribution in [1.29, 1.82) is 0 Å². The van der Waals surface area contributed by atoms with Gasteiger partial charge in [0.05, 0.1) is 5.56 Å². The van der Waals surface area contributed by atoms with E-state index in [2.05, 4.69) is 10.2 Å². The molecule has 9 heteroatoms. The van der Waals surface area contributed by atoms with E-state index in [1.807, 2.05) is 0 Å². The minimum absolute atomic E-state index is 0.0282. The van der Waals surface area contributed by atoms with Gasteiger partial charge in [0.15, 0.2) is 11.4 Å². The first kappa shape index (κ1) is 21.0. The number of carbonyl (C=O) groups excluding carboxylic acids is 2. The molecule has 0 saturated carbocycles. The topological polar surface area (TPSA) is 67.6 Å². The number of carbonyl (C=O) groups is 2. The maximum atomic E-state index is 13.3. The van der Waals surface area contributed by atoms with Crippen LogP contribution in [0.5, 0.6) is 0 Å². The third-order valence-corrected chi connectivity index (χ3v) is 5.73. The van der Waals surface area contributed by atoms with Crippen molar-refractivity contribution < 1.29 is 22.8 Å². The van der Waals surface area contributed by atoms with Crippen LogP contribution in [-0.2, 0) is 6.18 Å². The number of benzene rings is 1. The van der Waals surface area contributed by atoms with Crippen molar-refractivity contribution in [2.45, 2.75) is 38.3 Å². The zero-order valence-electron chi connectivity index (χ0n) is 16.9. The van der Waals surface area contributed by atoms with E-state index in [0.717, 1.165) is 6.07 Å². The number of ketones is 1. The first-order valence-corrected chi connectivity index (χ1v) is 10.1. The summed E-state index contributed by atoms with van der Waals surface area (Å²) in [5, 5.41) is 7.98. The molecule has 0 N–H and O–H groups in total.